The smallest absolute Gasteiger partial charge is 0.387 e. The van der Waals surface area contributed by atoms with Gasteiger partial charge in [-0.05, 0) is 36.6 Å². The minimum absolute atomic E-state index is 0.248. The summed E-state index contributed by atoms with van der Waals surface area (Å²) in [6.45, 7) is 3.60. The number of benzene rings is 1. The molecule has 0 aliphatic carbocycles. The first-order valence-corrected chi connectivity index (χ1v) is 8.27. The normalized spacial score (nSPS) is 12.9. The highest BCUT2D eigenvalue weighted by atomic mass is 32.1. The summed E-state index contributed by atoms with van der Waals surface area (Å²) in [5.41, 5.74) is -0.135. The van der Waals surface area contributed by atoms with Crippen LogP contribution in [0.25, 0.3) is 0 Å². The molecule has 0 aliphatic heterocycles. The van der Waals surface area contributed by atoms with Crippen molar-refractivity contribution in [3.8, 4) is 0 Å². The van der Waals surface area contributed by atoms with Crippen molar-refractivity contribution in [3.63, 3.8) is 0 Å². The molecule has 1 aromatic heterocycles. The molecule has 1 heterocycles. The monoisotopic (exact) mass is 357 g/mol. The van der Waals surface area contributed by atoms with Crippen LogP contribution in [0.4, 0.5) is 13.2 Å². The van der Waals surface area contributed by atoms with Gasteiger partial charge in [0.15, 0.2) is 0 Å². The van der Waals surface area contributed by atoms with Crippen LogP contribution >= 0.6 is 11.3 Å². The summed E-state index contributed by atoms with van der Waals surface area (Å²) < 4.78 is 38.9. The van der Waals surface area contributed by atoms with Crippen molar-refractivity contribution in [1.29, 1.82) is 0 Å². The quantitative estimate of drug-likeness (QED) is 0.846. The fraction of sp³-hybridized carbons (Fsp3) is 0.353. The highest BCUT2D eigenvalue weighted by Gasteiger charge is 2.34. The lowest BCUT2D eigenvalue weighted by Gasteiger charge is -2.17. The number of rotatable bonds is 5. The van der Waals surface area contributed by atoms with E-state index in [9.17, 15) is 23.1 Å². The van der Waals surface area contributed by atoms with Gasteiger partial charge in [0.1, 0.15) is 0 Å². The Labute approximate surface area is 142 Å². The van der Waals surface area contributed by atoms with Crippen LogP contribution in [-0.2, 0) is 12.6 Å². The molecule has 7 heteroatoms. The summed E-state index contributed by atoms with van der Waals surface area (Å²) >= 11 is 1.35. The zero-order chi connectivity index (χ0) is 17.9. The summed E-state index contributed by atoms with van der Waals surface area (Å²) in [7, 11) is 0. The number of amides is 1. The summed E-state index contributed by atoms with van der Waals surface area (Å²) in [5.74, 6) is -0.397. The third kappa shape index (κ3) is 4.15. The number of alkyl halides is 3. The second kappa shape index (κ2) is 7.36. The van der Waals surface area contributed by atoms with E-state index < -0.39 is 23.8 Å². The molecule has 1 atom stereocenters. The molecule has 24 heavy (non-hydrogen) atoms. The molecule has 1 amide bonds. The van der Waals surface area contributed by atoms with E-state index in [0.717, 1.165) is 22.9 Å². The number of carbonyl (C=O) groups is 1. The summed E-state index contributed by atoms with van der Waals surface area (Å²) in [4.78, 5) is 13.7. The third-order valence-corrected chi connectivity index (χ3v) is 5.03. The topological polar surface area (TPSA) is 49.3 Å². The first-order valence-electron chi connectivity index (χ1n) is 7.45. The van der Waals surface area contributed by atoms with E-state index in [1.54, 1.807) is 6.07 Å². The van der Waals surface area contributed by atoms with E-state index >= 15 is 0 Å². The molecule has 1 aromatic carbocycles. The Morgan fingerprint density at radius 1 is 1.33 bits per heavy atom. The SMILES string of the molecule is CCc1sc(C(=O)NC[C@@H](O)c2ccccc2C(F)(F)F)cc1C. The number of aliphatic hydroxyl groups is 1. The summed E-state index contributed by atoms with van der Waals surface area (Å²) in [5, 5.41) is 12.5. The molecule has 0 spiro atoms. The second-order valence-corrected chi connectivity index (χ2v) is 6.52. The Hall–Kier alpha value is -1.86. The van der Waals surface area contributed by atoms with Gasteiger partial charge in [0.2, 0.25) is 0 Å². The van der Waals surface area contributed by atoms with Crippen molar-refractivity contribution >= 4 is 17.2 Å². The molecule has 2 rings (SSSR count). The maximum Gasteiger partial charge on any atom is 0.416 e. The van der Waals surface area contributed by atoms with Gasteiger partial charge in [-0.1, -0.05) is 25.1 Å². The van der Waals surface area contributed by atoms with Gasteiger partial charge in [-0.15, -0.1) is 11.3 Å². The van der Waals surface area contributed by atoms with E-state index in [1.165, 1.54) is 29.5 Å². The minimum atomic E-state index is -4.55. The number of thiophene rings is 1. The standard InChI is InChI=1S/C17H18F3NO2S/c1-3-14-10(2)8-15(24-14)16(23)21-9-13(22)11-6-4-5-7-12(11)17(18,19)20/h4-8,13,22H,3,9H2,1-2H3,(H,21,23)/t13-/m1/s1. The van der Waals surface area contributed by atoms with Gasteiger partial charge >= 0.3 is 6.18 Å². The number of hydrogen-bond donors (Lipinski definition) is 2. The van der Waals surface area contributed by atoms with Crippen molar-refractivity contribution in [3.05, 3.63) is 56.8 Å². The molecule has 2 aromatic rings. The van der Waals surface area contributed by atoms with E-state index in [4.69, 9.17) is 0 Å². The van der Waals surface area contributed by atoms with Crippen LogP contribution < -0.4 is 5.32 Å². The van der Waals surface area contributed by atoms with Gasteiger partial charge in [0.25, 0.3) is 5.91 Å². The third-order valence-electron chi connectivity index (χ3n) is 3.65. The van der Waals surface area contributed by atoms with Gasteiger partial charge in [-0.25, -0.2) is 0 Å². The van der Waals surface area contributed by atoms with Crippen molar-refractivity contribution in [1.82, 2.24) is 5.32 Å². The molecular weight excluding hydrogens is 339 g/mol. The molecule has 0 fully saturated rings. The van der Waals surface area contributed by atoms with Gasteiger partial charge in [0.05, 0.1) is 16.5 Å². The molecular formula is C17H18F3NO2S. The maximum absolute atomic E-state index is 13.0. The van der Waals surface area contributed by atoms with Gasteiger partial charge < -0.3 is 10.4 Å². The Morgan fingerprint density at radius 3 is 2.58 bits per heavy atom. The van der Waals surface area contributed by atoms with Gasteiger partial charge in [-0.3, -0.25) is 4.79 Å². The fourth-order valence-electron chi connectivity index (χ4n) is 2.41. The van der Waals surface area contributed by atoms with Gasteiger partial charge in [-0.2, -0.15) is 13.2 Å². The fourth-order valence-corrected chi connectivity index (χ4v) is 3.45. The molecule has 130 valence electrons. The van der Waals surface area contributed by atoms with Crippen molar-refractivity contribution in [2.45, 2.75) is 32.5 Å². The number of nitrogens with one attached hydrogen (secondary N) is 1. The van der Waals surface area contributed by atoms with Crippen molar-refractivity contribution in [2.75, 3.05) is 6.54 Å². The molecule has 3 nitrogen and oxygen atoms in total. The predicted molar refractivity (Wildman–Crippen MR) is 87.2 cm³/mol. The largest absolute Gasteiger partial charge is 0.416 e. The van der Waals surface area contributed by atoms with Crippen LogP contribution in [-0.4, -0.2) is 17.6 Å². The minimum Gasteiger partial charge on any atom is -0.387 e. The Bertz CT molecular complexity index is 725. The van der Waals surface area contributed by atoms with Gasteiger partial charge in [0, 0.05) is 11.4 Å². The molecule has 0 bridgehead atoms. The van der Waals surface area contributed by atoms with Crippen LogP contribution in [0.15, 0.2) is 30.3 Å². The number of halogens is 3. The molecule has 2 N–H and O–H groups in total. The van der Waals surface area contributed by atoms with Crippen LogP contribution in [0.2, 0.25) is 0 Å². The number of hydrogen-bond acceptors (Lipinski definition) is 3. The van der Waals surface area contributed by atoms with Crippen LogP contribution in [0, 0.1) is 6.92 Å². The Kier molecular flexibility index (Phi) is 5.66. The number of aliphatic hydroxyl groups excluding tert-OH is 1. The first-order chi connectivity index (χ1) is 11.2. The number of carbonyl (C=O) groups excluding carboxylic acids is 1. The molecule has 0 saturated carbocycles. The van der Waals surface area contributed by atoms with Crippen LogP contribution in [0.1, 0.15) is 44.3 Å². The number of aryl methyl sites for hydroxylation is 2. The average molecular weight is 357 g/mol. The predicted octanol–water partition coefficient (Wildman–Crippen LogP) is 4.10. The zero-order valence-corrected chi connectivity index (χ0v) is 14.1. The summed E-state index contributed by atoms with van der Waals surface area (Å²) in [6.07, 6.45) is -5.17. The van der Waals surface area contributed by atoms with Crippen LogP contribution in [0.3, 0.4) is 0 Å². The maximum atomic E-state index is 13.0. The average Bonchev–Trinajstić information content (AvgIpc) is 2.92. The lowest BCUT2D eigenvalue weighted by molar-refractivity contribution is -0.139. The highest BCUT2D eigenvalue weighted by molar-refractivity contribution is 7.14. The van der Waals surface area contributed by atoms with Crippen molar-refractivity contribution in [2.24, 2.45) is 0 Å². The molecule has 0 saturated heterocycles. The van der Waals surface area contributed by atoms with E-state index in [2.05, 4.69) is 5.32 Å². The highest BCUT2D eigenvalue weighted by Crippen LogP contribution is 2.34. The van der Waals surface area contributed by atoms with Crippen molar-refractivity contribution < 1.29 is 23.1 Å². The Morgan fingerprint density at radius 2 is 2.00 bits per heavy atom. The van der Waals surface area contributed by atoms with E-state index in [0.29, 0.717) is 4.88 Å². The van der Waals surface area contributed by atoms with E-state index in [1.807, 2.05) is 13.8 Å². The van der Waals surface area contributed by atoms with Crippen LogP contribution in [0.5, 0.6) is 0 Å². The summed E-state index contributed by atoms with van der Waals surface area (Å²) in [6, 6.07) is 6.56. The molecule has 0 aliphatic rings. The first kappa shape index (κ1) is 18.5. The molecule has 0 radical (unpaired) electrons. The Balaban J connectivity index is 2.08. The lowest BCUT2D eigenvalue weighted by atomic mass is 10.0. The van der Waals surface area contributed by atoms with E-state index in [-0.39, 0.29) is 12.1 Å². The lowest BCUT2D eigenvalue weighted by Crippen LogP contribution is -2.28. The molecule has 0 unspecified atom stereocenters. The zero-order valence-electron chi connectivity index (χ0n) is 13.3. The second-order valence-electron chi connectivity index (χ2n) is 5.38.